The van der Waals surface area contributed by atoms with Crippen molar-refractivity contribution in [2.24, 2.45) is 0 Å². The molecule has 1 N–H and O–H groups in total. The van der Waals surface area contributed by atoms with Crippen molar-refractivity contribution in [1.82, 2.24) is 0 Å². The van der Waals surface area contributed by atoms with E-state index >= 15 is 0 Å². The summed E-state index contributed by atoms with van der Waals surface area (Å²) in [5.41, 5.74) is 3.44. The van der Waals surface area contributed by atoms with E-state index in [1.807, 2.05) is 12.1 Å². The van der Waals surface area contributed by atoms with Gasteiger partial charge >= 0.3 is 0 Å². The van der Waals surface area contributed by atoms with Crippen LogP contribution in [-0.2, 0) is 22.4 Å². The molecule has 104 valence electrons. The Labute approximate surface area is 115 Å². The minimum Gasteiger partial charge on any atom is -0.326 e. The smallest absolute Gasteiger partial charge is 0.231 e. The molecular formula is C16H23NO2. The lowest BCUT2D eigenvalue weighted by atomic mass is 9.99. The summed E-state index contributed by atoms with van der Waals surface area (Å²) in [5, 5.41) is 2.78. The van der Waals surface area contributed by atoms with Gasteiger partial charge in [0, 0.05) is 5.69 Å². The SMILES string of the molecule is CCCc1ccc(NC(=O)CC(C)=O)cc1CCC. The van der Waals surface area contributed by atoms with Crippen LogP contribution in [0.25, 0.3) is 0 Å². The molecule has 1 rings (SSSR count). The largest absolute Gasteiger partial charge is 0.326 e. The number of amides is 1. The van der Waals surface area contributed by atoms with Crippen LogP contribution in [-0.4, -0.2) is 11.7 Å². The number of nitrogens with one attached hydrogen (secondary N) is 1. The second-order valence-electron chi connectivity index (χ2n) is 4.91. The van der Waals surface area contributed by atoms with Gasteiger partial charge in [-0.15, -0.1) is 0 Å². The molecule has 0 saturated heterocycles. The van der Waals surface area contributed by atoms with Gasteiger partial charge in [0.15, 0.2) is 0 Å². The van der Waals surface area contributed by atoms with E-state index in [1.165, 1.54) is 18.1 Å². The van der Waals surface area contributed by atoms with E-state index in [0.29, 0.717) is 0 Å². The molecule has 1 aromatic rings. The van der Waals surface area contributed by atoms with Crippen molar-refractivity contribution < 1.29 is 9.59 Å². The molecule has 0 spiro atoms. The molecule has 0 aliphatic carbocycles. The second kappa shape index (κ2) is 7.72. The van der Waals surface area contributed by atoms with E-state index in [9.17, 15) is 9.59 Å². The number of anilines is 1. The number of rotatable bonds is 7. The predicted molar refractivity (Wildman–Crippen MR) is 78.4 cm³/mol. The van der Waals surface area contributed by atoms with Crippen molar-refractivity contribution in [2.75, 3.05) is 5.32 Å². The third-order valence-corrected chi connectivity index (χ3v) is 2.94. The number of carbonyl (C=O) groups excluding carboxylic acids is 2. The standard InChI is InChI=1S/C16H23NO2/c1-4-6-13-8-9-15(11-14(13)7-5-2)17-16(19)10-12(3)18/h8-9,11H,4-7,10H2,1-3H3,(H,17,19). The summed E-state index contributed by atoms with van der Waals surface area (Å²) in [6, 6.07) is 6.03. The molecule has 0 aromatic heterocycles. The summed E-state index contributed by atoms with van der Waals surface area (Å²) < 4.78 is 0. The highest BCUT2D eigenvalue weighted by Crippen LogP contribution is 2.19. The molecule has 0 atom stereocenters. The van der Waals surface area contributed by atoms with Crippen LogP contribution in [0, 0.1) is 0 Å². The Morgan fingerprint density at radius 3 is 2.26 bits per heavy atom. The quantitative estimate of drug-likeness (QED) is 0.763. The van der Waals surface area contributed by atoms with E-state index in [-0.39, 0.29) is 18.1 Å². The van der Waals surface area contributed by atoms with Gasteiger partial charge < -0.3 is 5.32 Å². The maximum atomic E-state index is 11.6. The monoisotopic (exact) mass is 261 g/mol. The fraction of sp³-hybridized carbons (Fsp3) is 0.500. The lowest BCUT2D eigenvalue weighted by Crippen LogP contribution is -2.15. The van der Waals surface area contributed by atoms with Gasteiger partial charge in [-0.3, -0.25) is 9.59 Å². The zero-order valence-electron chi connectivity index (χ0n) is 12.1. The van der Waals surface area contributed by atoms with Crippen LogP contribution in [0.3, 0.4) is 0 Å². The van der Waals surface area contributed by atoms with Crippen molar-refractivity contribution in [3.05, 3.63) is 29.3 Å². The van der Waals surface area contributed by atoms with E-state index < -0.39 is 0 Å². The van der Waals surface area contributed by atoms with Gasteiger partial charge in [-0.25, -0.2) is 0 Å². The molecule has 1 amide bonds. The van der Waals surface area contributed by atoms with E-state index in [1.54, 1.807) is 0 Å². The lowest BCUT2D eigenvalue weighted by Gasteiger charge is -2.11. The van der Waals surface area contributed by atoms with Gasteiger partial charge in [-0.1, -0.05) is 32.8 Å². The Bertz CT molecular complexity index is 452. The second-order valence-corrected chi connectivity index (χ2v) is 4.91. The van der Waals surface area contributed by atoms with E-state index in [0.717, 1.165) is 31.4 Å². The first-order valence-corrected chi connectivity index (χ1v) is 6.97. The molecule has 1 aromatic carbocycles. The number of hydrogen-bond acceptors (Lipinski definition) is 2. The summed E-state index contributed by atoms with van der Waals surface area (Å²) in [6.45, 7) is 5.74. The van der Waals surface area contributed by atoms with Crippen LogP contribution in [0.4, 0.5) is 5.69 Å². The molecule has 0 aliphatic heterocycles. The number of carbonyl (C=O) groups is 2. The zero-order chi connectivity index (χ0) is 14.3. The maximum absolute atomic E-state index is 11.6. The van der Waals surface area contributed by atoms with Gasteiger partial charge in [0.2, 0.25) is 5.91 Å². The normalized spacial score (nSPS) is 10.3. The van der Waals surface area contributed by atoms with Crippen molar-refractivity contribution in [3.63, 3.8) is 0 Å². The molecule has 0 aliphatic rings. The molecule has 0 saturated carbocycles. The van der Waals surface area contributed by atoms with E-state index in [2.05, 4.69) is 25.2 Å². The summed E-state index contributed by atoms with van der Waals surface area (Å²) >= 11 is 0. The molecule has 0 fully saturated rings. The van der Waals surface area contributed by atoms with Crippen LogP contribution < -0.4 is 5.32 Å². The van der Waals surface area contributed by atoms with Crippen LogP contribution in [0.15, 0.2) is 18.2 Å². The molecule has 19 heavy (non-hydrogen) atoms. The van der Waals surface area contributed by atoms with Crippen molar-refractivity contribution >= 4 is 17.4 Å². The summed E-state index contributed by atoms with van der Waals surface area (Å²) in [4.78, 5) is 22.5. The molecular weight excluding hydrogens is 238 g/mol. The van der Waals surface area contributed by atoms with Gasteiger partial charge in [0.05, 0.1) is 6.42 Å². The minimum absolute atomic E-state index is 0.0557. The highest BCUT2D eigenvalue weighted by Gasteiger charge is 2.08. The molecule has 0 radical (unpaired) electrons. The fourth-order valence-corrected chi connectivity index (χ4v) is 2.15. The van der Waals surface area contributed by atoms with Gasteiger partial charge in [0.25, 0.3) is 0 Å². The first-order valence-electron chi connectivity index (χ1n) is 6.97. The molecule has 3 heteroatoms. The van der Waals surface area contributed by atoms with Crippen molar-refractivity contribution in [2.45, 2.75) is 52.9 Å². The van der Waals surface area contributed by atoms with Crippen LogP contribution in [0.1, 0.15) is 51.2 Å². The Morgan fingerprint density at radius 1 is 1.05 bits per heavy atom. The average molecular weight is 261 g/mol. The predicted octanol–water partition coefficient (Wildman–Crippen LogP) is 3.51. The number of hydrogen-bond donors (Lipinski definition) is 1. The van der Waals surface area contributed by atoms with Gasteiger partial charge in [-0.2, -0.15) is 0 Å². The Hall–Kier alpha value is -1.64. The Morgan fingerprint density at radius 2 is 1.68 bits per heavy atom. The third-order valence-electron chi connectivity index (χ3n) is 2.94. The molecule has 3 nitrogen and oxygen atoms in total. The van der Waals surface area contributed by atoms with Crippen molar-refractivity contribution in [3.8, 4) is 0 Å². The molecule has 0 bridgehead atoms. The molecule has 0 heterocycles. The third kappa shape index (κ3) is 5.25. The molecule has 0 unspecified atom stereocenters. The highest BCUT2D eigenvalue weighted by molar-refractivity contribution is 6.03. The summed E-state index contributed by atoms with van der Waals surface area (Å²) in [6.07, 6.45) is 4.23. The van der Waals surface area contributed by atoms with Crippen LogP contribution in [0.2, 0.25) is 0 Å². The van der Waals surface area contributed by atoms with E-state index in [4.69, 9.17) is 0 Å². The zero-order valence-corrected chi connectivity index (χ0v) is 12.1. The number of Topliss-reactive ketones (excluding diaryl/α,β-unsaturated/α-hetero) is 1. The summed E-state index contributed by atoms with van der Waals surface area (Å²) in [7, 11) is 0. The number of benzene rings is 1. The first-order chi connectivity index (χ1) is 9.06. The minimum atomic E-state index is -0.238. The fourth-order valence-electron chi connectivity index (χ4n) is 2.15. The van der Waals surface area contributed by atoms with Crippen molar-refractivity contribution in [1.29, 1.82) is 0 Å². The van der Waals surface area contributed by atoms with Crippen LogP contribution >= 0.6 is 0 Å². The highest BCUT2D eigenvalue weighted by atomic mass is 16.2. The maximum Gasteiger partial charge on any atom is 0.231 e. The Kier molecular flexibility index (Phi) is 6.26. The first kappa shape index (κ1) is 15.4. The average Bonchev–Trinajstić information content (AvgIpc) is 2.32. The van der Waals surface area contributed by atoms with Gasteiger partial charge in [-0.05, 0) is 43.0 Å². The van der Waals surface area contributed by atoms with Crippen LogP contribution in [0.5, 0.6) is 0 Å². The number of ketones is 1. The Balaban J connectivity index is 2.82. The van der Waals surface area contributed by atoms with Gasteiger partial charge in [0.1, 0.15) is 5.78 Å². The topological polar surface area (TPSA) is 46.2 Å². The summed E-state index contributed by atoms with van der Waals surface area (Å²) in [5.74, 6) is -0.355. The number of aryl methyl sites for hydroxylation is 2. The lowest BCUT2D eigenvalue weighted by molar-refractivity contribution is -0.124.